The van der Waals surface area contributed by atoms with Crippen molar-refractivity contribution in [1.29, 1.82) is 0 Å². The Morgan fingerprint density at radius 3 is 2.67 bits per heavy atom. The predicted molar refractivity (Wildman–Crippen MR) is 81.4 cm³/mol. The van der Waals surface area contributed by atoms with Crippen LogP contribution in [0.25, 0.3) is 0 Å². The molecule has 3 rings (SSSR count). The van der Waals surface area contributed by atoms with Gasteiger partial charge in [-0.3, -0.25) is 0 Å². The maximum absolute atomic E-state index is 12.9. The average Bonchev–Trinajstić information content (AvgIpc) is 3.01. The summed E-state index contributed by atoms with van der Waals surface area (Å²) in [5, 5.41) is 0. The van der Waals surface area contributed by atoms with Gasteiger partial charge in [-0.15, -0.1) is 0 Å². The normalized spacial score (nSPS) is 25.3. The lowest BCUT2D eigenvalue weighted by atomic mass is 10.0. The van der Waals surface area contributed by atoms with E-state index in [1.165, 1.54) is 0 Å². The van der Waals surface area contributed by atoms with Crippen LogP contribution in [0.2, 0.25) is 0 Å². The lowest BCUT2D eigenvalue weighted by Crippen LogP contribution is -2.50. The lowest BCUT2D eigenvalue weighted by molar-refractivity contribution is -0.0913. The van der Waals surface area contributed by atoms with E-state index in [0.717, 1.165) is 23.7 Å². The molecule has 1 aromatic rings. The van der Waals surface area contributed by atoms with E-state index in [2.05, 4.69) is 15.9 Å². The first kappa shape index (κ1) is 15.4. The van der Waals surface area contributed by atoms with Crippen LogP contribution in [0.4, 0.5) is 0 Å². The Morgan fingerprint density at radius 1 is 1.19 bits per heavy atom. The summed E-state index contributed by atoms with van der Waals surface area (Å²) in [5.41, 5.74) is 0. The number of sulfonamides is 1. The molecule has 0 spiro atoms. The van der Waals surface area contributed by atoms with E-state index >= 15 is 0 Å². The van der Waals surface area contributed by atoms with Crippen molar-refractivity contribution in [2.45, 2.75) is 36.5 Å². The molecule has 2 heterocycles. The van der Waals surface area contributed by atoms with Crippen molar-refractivity contribution >= 4 is 26.0 Å². The van der Waals surface area contributed by atoms with E-state index in [0.29, 0.717) is 24.7 Å². The molecule has 0 radical (unpaired) electrons. The molecule has 1 atom stereocenters. The Kier molecular flexibility index (Phi) is 4.66. The number of piperidine rings is 1. The molecule has 1 unspecified atom stereocenters. The molecule has 21 heavy (non-hydrogen) atoms. The molecule has 116 valence electrons. The molecule has 2 fully saturated rings. The van der Waals surface area contributed by atoms with Crippen molar-refractivity contribution in [1.82, 2.24) is 4.31 Å². The van der Waals surface area contributed by atoms with Crippen molar-refractivity contribution in [3.8, 4) is 0 Å². The van der Waals surface area contributed by atoms with Crippen LogP contribution in [0, 0.1) is 0 Å². The molecule has 0 N–H and O–H groups in total. The zero-order valence-corrected chi connectivity index (χ0v) is 14.0. The summed E-state index contributed by atoms with van der Waals surface area (Å²) in [6.45, 7) is 1.58. The summed E-state index contributed by atoms with van der Waals surface area (Å²) in [7, 11) is -3.53. The van der Waals surface area contributed by atoms with E-state index in [1.54, 1.807) is 22.5 Å². The van der Waals surface area contributed by atoms with Crippen molar-refractivity contribution in [2.75, 3.05) is 19.8 Å². The molecule has 5 nitrogen and oxygen atoms in total. The molecule has 0 bridgehead atoms. The van der Waals surface area contributed by atoms with Crippen molar-refractivity contribution in [2.24, 2.45) is 0 Å². The molecular formula is C14H18BrNO4S. The fourth-order valence-electron chi connectivity index (χ4n) is 2.86. The van der Waals surface area contributed by atoms with Crippen LogP contribution >= 0.6 is 15.9 Å². The second kappa shape index (κ2) is 6.34. The quantitative estimate of drug-likeness (QED) is 0.813. The Labute approximate surface area is 133 Å². The number of nitrogens with zero attached hydrogens (tertiary/aromatic N) is 1. The first-order chi connectivity index (χ1) is 10.1. The number of hydrogen-bond donors (Lipinski definition) is 0. The summed E-state index contributed by atoms with van der Waals surface area (Å²) < 4.78 is 39.2. The largest absolute Gasteiger partial charge is 0.349 e. The molecule has 2 saturated heterocycles. The highest BCUT2D eigenvalue weighted by Crippen LogP contribution is 2.30. The van der Waals surface area contributed by atoms with E-state index < -0.39 is 16.3 Å². The van der Waals surface area contributed by atoms with Crippen molar-refractivity contribution < 1.29 is 17.9 Å². The second-order valence-corrected chi connectivity index (χ2v) is 8.05. The summed E-state index contributed by atoms with van der Waals surface area (Å²) in [4.78, 5) is 0.307. The van der Waals surface area contributed by atoms with Crippen LogP contribution in [0.1, 0.15) is 19.3 Å². The summed E-state index contributed by atoms with van der Waals surface area (Å²) in [5.74, 6) is 0. The predicted octanol–water partition coefficient (Wildman–Crippen LogP) is 2.37. The van der Waals surface area contributed by atoms with Gasteiger partial charge >= 0.3 is 0 Å². The van der Waals surface area contributed by atoms with Gasteiger partial charge in [0.15, 0.2) is 6.29 Å². The fourth-order valence-corrected chi connectivity index (χ4v) is 5.14. The molecule has 0 amide bonds. The Hall–Kier alpha value is -0.470. The van der Waals surface area contributed by atoms with Gasteiger partial charge in [-0.25, -0.2) is 8.42 Å². The zero-order chi connectivity index (χ0) is 14.9. The third kappa shape index (κ3) is 3.17. The molecule has 0 saturated carbocycles. The number of rotatable bonds is 3. The van der Waals surface area contributed by atoms with Crippen LogP contribution in [0.3, 0.4) is 0 Å². The lowest BCUT2D eigenvalue weighted by Gasteiger charge is -2.36. The number of halogens is 1. The highest BCUT2D eigenvalue weighted by Gasteiger charge is 2.40. The Bertz CT molecular complexity index is 601. The van der Waals surface area contributed by atoms with Crippen LogP contribution in [0.15, 0.2) is 33.6 Å². The van der Waals surface area contributed by atoms with Gasteiger partial charge in [0, 0.05) is 11.0 Å². The summed E-state index contributed by atoms with van der Waals surface area (Å²) in [6.07, 6.45) is 2.21. The monoisotopic (exact) mass is 375 g/mol. The van der Waals surface area contributed by atoms with Gasteiger partial charge in [-0.2, -0.15) is 4.31 Å². The number of hydrogen-bond acceptors (Lipinski definition) is 4. The first-order valence-corrected chi connectivity index (χ1v) is 9.33. The Balaban J connectivity index is 1.91. The van der Waals surface area contributed by atoms with Gasteiger partial charge in [0.1, 0.15) is 0 Å². The highest BCUT2D eigenvalue weighted by molar-refractivity contribution is 9.10. The third-order valence-corrected chi connectivity index (χ3v) is 6.28. The maximum Gasteiger partial charge on any atom is 0.243 e. The fraction of sp³-hybridized carbons (Fsp3) is 0.571. The zero-order valence-electron chi connectivity index (χ0n) is 11.6. The first-order valence-electron chi connectivity index (χ1n) is 7.10. The van der Waals surface area contributed by atoms with Crippen molar-refractivity contribution in [3.63, 3.8) is 0 Å². The van der Waals surface area contributed by atoms with Crippen LogP contribution in [-0.4, -0.2) is 44.8 Å². The van der Waals surface area contributed by atoms with Crippen LogP contribution in [0.5, 0.6) is 0 Å². The van der Waals surface area contributed by atoms with Gasteiger partial charge in [-0.1, -0.05) is 28.4 Å². The van der Waals surface area contributed by atoms with Crippen LogP contribution < -0.4 is 0 Å². The van der Waals surface area contributed by atoms with Crippen LogP contribution in [-0.2, 0) is 19.5 Å². The molecule has 2 aliphatic heterocycles. The Morgan fingerprint density at radius 2 is 1.95 bits per heavy atom. The minimum absolute atomic E-state index is 0.231. The molecule has 2 aliphatic rings. The molecular weight excluding hydrogens is 358 g/mol. The third-order valence-electron chi connectivity index (χ3n) is 3.86. The van der Waals surface area contributed by atoms with Gasteiger partial charge < -0.3 is 9.47 Å². The topological polar surface area (TPSA) is 55.8 Å². The smallest absolute Gasteiger partial charge is 0.243 e. The summed E-state index contributed by atoms with van der Waals surface area (Å²) in [6, 6.07) is 6.58. The van der Waals surface area contributed by atoms with Gasteiger partial charge in [0.25, 0.3) is 0 Å². The number of ether oxygens (including phenoxy) is 2. The minimum atomic E-state index is -3.53. The van der Waals surface area contributed by atoms with Crippen molar-refractivity contribution in [3.05, 3.63) is 28.7 Å². The van der Waals surface area contributed by atoms with E-state index in [4.69, 9.17) is 9.47 Å². The SMILES string of the molecule is O=S(=O)(c1cccc(Br)c1)N1CCCCC1C1OCCO1. The van der Waals surface area contributed by atoms with E-state index in [-0.39, 0.29) is 6.04 Å². The number of benzene rings is 1. The minimum Gasteiger partial charge on any atom is -0.349 e. The maximum atomic E-state index is 12.9. The molecule has 0 aromatic heterocycles. The van der Waals surface area contributed by atoms with Gasteiger partial charge in [-0.05, 0) is 31.0 Å². The molecule has 1 aromatic carbocycles. The average molecular weight is 376 g/mol. The summed E-state index contributed by atoms with van der Waals surface area (Å²) >= 11 is 3.33. The highest BCUT2D eigenvalue weighted by atomic mass is 79.9. The van der Waals surface area contributed by atoms with E-state index in [9.17, 15) is 8.42 Å². The van der Waals surface area contributed by atoms with Gasteiger partial charge in [0.05, 0.1) is 24.2 Å². The van der Waals surface area contributed by atoms with Gasteiger partial charge in [0.2, 0.25) is 10.0 Å². The van der Waals surface area contributed by atoms with E-state index in [1.807, 2.05) is 6.07 Å². The standard InChI is InChI=1S/C14H18BrNO4S/c15-11-4-3-5-12(10-11)21(17,18)16-7-2-1-6-13(16)14-19-8-9-20-14/h3-5,10,13-14H,1-2,6-9H2. The molecule has 7 heteroatoms. The molecule has 0 aliphatic carbocycles. The second-order valence-electron chi connectivity index (χ2n) is 5.25.